The molecule has 29 heavy (non-hydrogen) atoms. The molecular weight excluding hydrogens is 366 g/mol. The lowest BCUT2D eigenvalue weighted by Gasteiger charge is -2.07. The summed E-state index contributed by atoms with van der Waals surface area (Å²) in [4.78, 5) is 12.3. The number of rotatable bonds is 6. The maximum absolute atomic E-state index is 12.3. The lowest BCUT2D eigenvalue weighted by molar-refractivity contribution is -0.121. The predicted molar refractivity (Wildman–Crippen MR) is 109 cm³/mol. The van der Waals surface area contributed by atoms with Crippen LogP contribution in [-0.4, -0.2) is 35.5 Å². The number of aromatic nitrogens is 6. The molecule has 0 saturated carbocycles. The van der Waals surface area contributed by atoms with E-state index in [0.29, 0.717) is 30.9 Å². The van der Waals surface area contributed by atoms with Crippen molar-refractivity contribution in [3.8, 4) is 5.82 Å². The van der Waals surface area contributed by atoms with Gasteiger partial charge in [0, 0.05) is 18.7 Å². The van der Waals surface area contributed by atoms with Crippen molar-refractivity contribution in [3.63, 3.8) is 0 Å². The number of hydrogen-bond donors (Lipinski definition) is 1. The van der Waals surface area contributed by atoms with Crippen molar-refractivity contribution in [2.24, 2.45) is 0 Å². The first-order valence-corrected chi connectivity index (χ1v) is 9.58. The molecule has 4 rings (SSSR count). The molecule has 0 saturated heterocycles. The molecule has 8 heteroatoms. The monoisotopic (exact) mass is 389 g/mol. The van der Waals surface area contributed by atoms with Crippen molar-refractivity contribution in [3.05, 3.63) is 70.8 Å². The molecule has 0 bridgehead atoms. The van der Waals surface area contributed by atoms with Gasteiger partial charge in [0.25, 0.3) is 0 Å². The van der Waals surface area contributed by atoms with Gasteiger partial charge in [-0.2, -0.15) is 9.61 Å². The Morgan fingerprint density at radius 2 is 1.79 bits per heavy atom. The van der Waals surface area contributed by atoms with E-state index in [9.17, 15) is 4.79 Å². The van der Waals surface area contributed by atoms with E-state index < -0.39 is 0 Å². The smallest absolute Gasteiger partial charge is 0.220 e. The van der Waals surface area contributed by atoms with Crippen LogP contribution in [-0.2, 0) is 17.8 Å². The number of fused-ring (bicyclic) bond motifs is 1. The van der Waals surface area contributed by atoms with Gasteiger partial charge in [0.1, 0.15) is 0 Å². The number of carbonyl (C=O) groups excluding carboxylic acids is 1. The molecule has 3 aromatic heterocycles. The average molecular weight is 389 g/mol. The van der Waals surface area contributed by atoms with Gasteiger partial charge in [-0.05, 0) is 50.5 Å². The second kappa shape index (κ2) is 7.83. The Kier molecular flexibility index (Phi) is 5.07. The van der Waals surface area contributed by atoms with E-state index in [1.165, 1.54) is 0 Å². The number of amides is 1. The highest BCUT2D eigenvalue weighted by atomic mass is 16.1. The third-order valence-corrected chi connectivity index (χ3v) is 5.00. The largest absolute Gasteiger partial charge is 0.352 e. The van der Waals surface area contributed by atoms with Gasteiger partial charge in [-0.3, -0.25) is 4.79 Å². The molecule has 1 aromatic carbocycles. The highest BCUT2D eigenvalue weighted by molar-refractivity contribution is 5.76. The number of nitrogens with one attached hydrogen (secondary N) is 1. The van der Waals surface area contributed by atoms with Crippen LogP contribution in [0.25, 0.3) is 11.5 Å². The van der Waals surface area contributed by atoms with Crippen LogP contribution >= 0.6 is 0 Å². The third-order valence-electron chi connectivity index (χ3n) is 5.00. The molecule has 3 heterocycles. The van der Waals surface area contributed by atoms with Gasteiger partial charge in [0.15, 0.2) is 17.3 Å². The molecule has 0 aliphatic rings. The normalized spacial score (nSPS) is 11.1. The molecule has 0 fully saturated rings. The fraction of sp³-hybridized carbons (Fsp3) is 0.286. The molecule has 0 atom stereocenters. The Bertz CT molecular complexity index is 1160. The number of hydrogen-bond acceptors (Lipinski definition) is 5. The van der Waals surface area contributed by atoms with Crippen molar-refractivity contribution in [1.82, 2.24) is 34.9 Å². The second-order valence-electron chi connectivity index (χ2n) is 7.03. The Morgan fingerprint density at radius 1 is 1.00 bits per heavy atom. The quantitative estimate of drug-likeness (QED) is 0.547. The topological polar surface area (TPSA) is 90.0 Å². The summed E-state index contributed by atoms with van der Waals surface area (Å²) in [6.07, 6.45) is 1.05. The minimum absolute atomic E-state index is 0.0278. The highest BCUT2D eigenvalue weighted by Crippen LogP contribution is 2.19. The summed E-state index contributed by atoms with van der Waals surface area (Å²) in [6, 6.07) is 13.6. The van der Waals surface area contributed by atoms with Crippen LogP contribution in [0.15, 0.2) is 42.5 Å². The number of nitrogens with zero attached hydrogens (tertiary/aromatic N) is 6. The molecular formula is C21H23N7O. The van der Waals surface area contributed by atoms with Crippen molar-refractivity contribution in [2.45, 2.75) is 40.2 Å². The summed E-state index contributed by atoms with van der Waals surface area (Å²) >= 11 is 0. The highest BCUT2D eigenvalue weighted by Gasteiger charge is 2.16. The number of benzene rings is 1. The predicted octanol–water partition coefficient (Wildman–Crippen LogP) is 2.48. The molecule has 0 aliphatic heterocycles. The maximum atomic E-state index is 12.3. The maximum Gasteiger partial charge on any atom is 0.220 e. The molecule has 8 nitrogen and oxygen atoms in total. The van der Waals surface area contributed by atoms with Gasteiger partial charge in [-0.1, -0.05) is 30.3 Å². The van der Waals surface area contributed by atoms with Crippen molar-refractivity contribution in [2.75, 3.05) is 0 Å². The molecule has 0 spiro atoms. The third kappa shape index (κ3) is 3.87. The molecule has 4 aromatic rings. The van der Waals surface area contributed by atoms with Crippen LogP contribution in [0.4, 0.5) is 0 Å². The molecule has 1 amide bonds. The van der Waals surface area contributed by atoms with E-state index in [0.717, 1.165) is 28.3 Å². The minimum Gasteiger partial charge on any atom is -0.352 e. The Labute approximate surface area is 168 Å². The van der Waals surface area contributed by atoms with Crippen LogP contribution in [0.1, 0.15) is 34.8 Å². The Morgan fingerprint density at radius 3 is 2.59 bits per heavy atom. The minimum atomic E-state index is 0.0278. The van der Waals surface area contributed by atoms with Crippen LogP contribution in [0, 0.1) is 20.8 Å². The first kappa shape index (κ1) is 18.8. The zero-order chi connectivity index (χ0) is 20.4. The van der Waals surface area contributed by atoms with E-state index in [-0.39, 0.29) is 5.91 Å². The number of carbonyl (C=O) groups is 1. The lowest BCUT2D eigenvalue weighted by Crippen LogP contribution is -2.23. The van der Waals surface area contributed by atoms with E-state index in [2.05, 4.69) is 25.7 Å². The van der Waals surface area contributed by atoms with Crippen LogP contribution < -0.4 is 5.32 Å². The molecule has 148 valence electrons. The lowest BCUT2D eigenvalue weighted by atomic mass is 10.1. The van der Waals surface area contributed by atoms with Crippen molar-refractivity contribution >= 4 is 11.6 Å². The summed E-state index contributed by atoms with van der Waals surface area (Å²) < 4.78 is 3.51. The van der Waals surface area contributed by atoms with Crippen LogP contribution in [0.3, 0.4) is 0 Å². The van der Waals surface area contributed by atoms with E-state index in [4.69, 9.17) is 0 Å². The SMILES string of the molecule is Cc1nn(-c2ccc3nnc(C)n3n2)c(C)c1CCC(=O)NCc1ccccc1. The van der Waals surface area contributed by atoms with E-state index in [1.807, 2.05) is 67.9 Å². The molecule has 0 radical (unpaired) electrons. The van der Waals surface area contributed by atoms with Gasteiger partial charge >= 0.3 is 0 Å². The summed E-state index contributed by atoms with van der Waals surface area (Å²) in [5, 5.41) is 20.3. The summed E-state index contributed by atoms with van der Waals surface area (Å²) in [5.74, 6) is 1.44. The van der Waals surface area contributed by atoms with Crippen molar-refractivity contribution in [1.29, 1.82) is 0 Å². The van der Waals surface area contributed by atoms with Crippen molar-refractivity contribution < 1.29 is 4.79 Å². The number of aryl methyl sites for hydroxylation is 2. The average Bonchev–Trinajstić information content (AvgIpc) is 3.24. The van der Waals surface area contributed by atoms with Gasteiger partial charge < -0.3 is 5.32 Å². The molecule has 0 aliphatic carbocycles. The first-order chi connectivity index (χ1) is 14.0. The van der Waals surface area contributed by atoms with Gasteiger partial charge in [-0.25, -0.2) is 4.68 Å². The van der Waals surface area contributed by atoms with Gasteiger partial charge in [-0.15, -0.1) is 15.3 Å². The fourth-order valence-corrected chi connectivity index (χ4v) is 3.38. The summed E-state index contributed by atoms with van der Waals surface area (Å²) in [7, 11) is 0. The van der Waals surface area contributed by atoms with E-state index in [1.54, 1.807) is 4.52 Å². The summed E-state index contributed by atoms with van der Waals surface area (Å²) in [5.41, 5.74) is 4.74. The first-order valence-electron chi connectivity index (χ1n) is 9.58. The zero-order valence-electron chi connectivity index (χ0n) is 16.8. The molecule has 0 unspecified atom stereocenters. The van der Waals surface area contributed by atoms with Crippen LogP contribution in [0.2, 0.25) is 0 Å². The zero-order valence-corrected chi connectivity index (χ0v) is 16.8. The van der Waals surface area contributed by atoms with Crippen LogP contribution in [0.5, 0.6) is 0 Å². The standard InChI is InChI=1S/C21H23N7O/c1-14-18(9-12-21(29)22-13-17-7-5-4-6-8-17)15(2)27(25-14)20-11-10-19-24-23-16(3)28(19)26-20/h4-8,10-11H,9,12-13H2,1-3H3,(H,22,29). The second-order valence-corrected chi connectivity index (χ2v) is 7.03. The van der Waals surface area contributed by atoms with Gasteiger partial charge in [0.2, 0.25) is 5.91 Å². The summed E-state index contributed by atoms with van der Waals surface area (Å²) in [6.45, 7) is 6.36. The fourth-order valence-electron chi connectivity index (χ4n) is 3.38. The molecule has 1 N–H and O–H groups in total. The Hall–Kier alpha value is -3.55. The Balaban J connectivity index is 1.46. The van der Waals surface area contributed by atoms with E-state index >= 15 is 0 Å². The van der Waals surface area contributed by atoms with Gasteiger partial charge in [0.05, 0.1) is 5.69 Å².